The molecular formula is C11H18N2O. The predicted octanol–water partition coefficient (Wildman–Crippen LogP) is 2.35. The highest BCUT2D eigenvalue weighted by molar-refractivity contribution is 5.97. The Morgan fingerprint density at radius 1 is 1.50 bits per heavy atom. The van der Waals surface area contributed by atoms with E-state index in [-0.39, 0.29) is 11.2 Å². The molecule has 1 aromatic heterocycles. The van der Waals surface area contributed by atoms with E-state index >= 15 is 0 Å². The van der Waals surface area contributed by atoms with Crippen molar-refractivity contribution in [3.63, 3.8) is 0 Å². The van der Waals surface area contributed by atoms with Gasteiger partial charge < -0.3 is 0 Å². The number of hydrogen-bond donors (Lipinski definition) is 0. The zero-order valence-corrected chi connectivity index (χ0v) is 9.59. The summed E-state index contributed by atoms with van der Waals surface area (Å²) in [7, 11) is 1.83. The first-order valence-electron chi connectivity index (χ1n) is 4.83. The average Bonchev–Trinajstić information content (AvgIpc) is 2.26. The number of carbonyl (C=O) groups excluding carboxylic acids is 1. The number of ketones is 1. The molecule has 1 rings (SSSR count). The third-order valence-electron chi connectivity index (χ3n) is 2.00. The van der Waals surface area contributed by atoms with Crippen molar-refractivity contribution in [2.75, 3.05) is 0 Å². The van der Waals surface area contributed by atoms with Crippen LogP contribution in [0.15, 0.2) is 6.20 Å². The first-order valence-corrected chi connectivity index (χ1v) is 4.83. The third kappa shape index (κ3) is 2.69. The molecule has 0 unspecified atom stereocenters. The summed E-state index contributed by atoms with van der Waals surface area (Å²) in [5.74, 6) is 0.183. The van der Waals surface area contributed by atoms with Crippen LogP contribution in [-0.2, 0) is 7.05 Å². The summed E-state index contributed by atoms with van der Waals surface area (Å²) in [6.45, 7) is 8.07. The first kappa shape index (κ1) is 11.0. The molecule has 0 aliphatic rings. The minimum atomic E-state index is 0.0410. The van der Waals surface area contributed by atoms with Crippen molar-refractivity contribution in [3.05, 3.63) is 17.5 Å². The van der Waals surface area contributed by atoms with Crippen LogP contribution in [0.25, 0.3) is 0 Å². The summed E-state index contributed by atoms with van der Waals surface area (Å²) in [4.78, 5) is 11.8. The second-order valence-electron chi connectivity index (χ2n) is 4.96. The molecule has 3 heteroatoms. The molecular weight excluding hydrogens is 176 g/mol. The van der Waals surface area contributed by atoms with Gasteiger partial charge in [0.1, 0.15) is 0 Å². The summed E-state index contributed by atoms with van der Waals surface area (Å²) >= 11 is 0. The molecule has 0 N–H and O–H groups in total. The van der Waals surface area contributed by atoms with E-state index in [0.717, 1.165) is 11.3 Å². The van der Waals surface area contributed by atoms with Gasteiger partial charge in [-0.1, -0.05) is 20.8 Å². The van der Waals surface area contributed by atoms with Crippen LogP contribution in [0, 0.1) is 12.3 Å². The lowest BCUT2D eigenvalue weighted by Gasteiger charge is -2.16. The number of aryl methyl sites for hydroxylation is 2. The van der Waals surface area contributed by atoms with Gasteiger partial charge in [0.15, 0.2) is 5.78 Å². The fraction of sp³-hybridized carbons (Fsp3) is 0.636. The maximum Gasteiger partial charge on any atom is 0.166 e. The number of carbonyl (C=O) groups is 1. The Balaban J connectivity index is 2.85. The molecule has 0 amide bonds. The third-order valence-corrected chi connectivity index (χ3v) is 2.00. The molecule has 0 bridgehead atoms. The van der Waals surface area contributed by atoms with Gasteiger partial charge in [0.2, 0.25) is 0 Å². The lowest BCUT2D eigenvalue weighted by molar-refractivity contribution is 0.0939. The SMILES string of the molecule is Cc1nn(C)cc1C(=O)CC(C)(C)C. The van der Waals surface area contributed by atoms with Gasteiger partial charge in [-0.05, 0) is 12.3 Å². The molecule has 0 radical (unpaired) electrons. The van der Waals surface area contributed by atoms with Crippen molar-refractivity contribution >= 4 is 5.78 Å². The molecule has 0 fully saturated rings. The topological polar surface area (TPSA) is 34.9 Å². The van der Waals surface area contributed by atoms with E-state index in [1.165, 1.54) is 0 Å². The van der Waals surface area contributed by atoms with E-state index in [9.17, 15) is 4.79 Å². The number of rotatable bonds is 2. The minimum absolute atomic E-state index is 0.0410. The van der Waals surface area contributed by atoms with Crippen molar-refractivity contribution in [1.82, 2.24) is 9.78 Å². The van der Waals surface area contributed by atoms with E-state index in [4.69, 9.17) is 0 Å². The number of aromatic nitrogens is 2. The Morgan fingerprint density at radius 3 is 2.43 bits per heavy atom. The van der Waals surface area contributed by atoms with Crippen LogP contribution in [0.1, 0.15) is 43.2 Å². The molecule has 1 aromatic rings. The maximum absolute atomic E-state index is 11.8. The molecule has 0 aliphatic carbocycles. The van der Waals surface area contributed by atoms with Crippen molar-refractivity contribution in [3.8, 4) is 0 Å². The predicted molar refractivity (Wildman–Crippen MR) is 56.3 cm³/mol. The quantitative estimate of drug-likeness (QED) is 0.677. The number of nitrogens with zero attached hydrogens (tertiary/aromatic N) is 2. The largest absolute Gasteiger partial charge is 0.294 e. The van der Waals surface area contributed by atoms with E-state index in [1.54, 1.807) is 10.9 Å². The maximum atomic E-state index is 11.8. The van der Waals surface area contributed by atoms with Crippen LogP contribution in [-0.4, -0.2) is 15.6 Å². The number of hydrogen-bond acceptors (Lipinski definition) is 2. The van der Waals surface area contributed by atoms with Gasteiger partial charge in [-0.15, -0.1) is 0 Å². The molecule has 14 heavy (non-hydrogen) atoms. The lowest BCUT2D eigenvalue weighted by Crippen LogP contribution is -2.13. The fourth-order valence-electron chi connectivity index (χ4n) is 1.45. The van der Waals surface area contributed by atoms with Gasteiger partial charge in [-0.25, -0.2) is 0 Å². The van der Waals surface area contributed by atoms with Crippen LogP contribution >= 0.6 is 0 Å². The highest BCUT2D eigenvalue weighted by Gasteiger charge is 2.19. The Hall–Kier alpha value is -1.12. The van der Waals surface area contributed by atoms with Crippen LogP contribution in [0.4, 0.5) is 0 Å². The van der Waals surface area contributed by atoms with Crippen LogP contribution in [0.3, 0.4) is 0 Å². The molecule has 0 spiro atoms. The zero-order valence-electron chi connectivity index (χ0n) is 9.59. The van der Waals surface area contributed by atoms with E-state index in [1.807, 2.05) is 14.0 Å². The summed E-state index contributed by atoms with van der Waals surface area (Å²) in [5.41, 5.74) is 1.61. The summed E-state index contributed by atoms with van der Waals surface area (Å²) in [6, 6.07) is 0. The van der Waals surface area contributed by atoms with Crippen molar-refractivity contribution < 1.29 is 4.79 Å². The van der Waals surface area contributed by atoms with Crippen molar-refractivity contribution in [2.24, 2.45) is 12.5 Å². The molecule has 3 nitrogen and oxygen atoms in total. The Kier molecular flexibility index (Phi) is 2.79. The molecule has 0 saturated carbocycles. The van der Waals surface area contributed by atoms with E-state index in [0.29, 0.717) is 6.42 Å². The standard InChI is InChI=1S/C11H18N2O/c1-8-9(7-13(5)12-8)10(14)6-11(2,3)4/h7H,6H2,1-5H3. The Labute approximate surface area is 85.1 Å². The normalized spacial score (nSPS) is 11.8. The number of Topliss-reactive ketones (excluding diaryl/α,β-unsaturated/α-hetero) is 1. The van der Waals surface area contributed by atoms with E-state index < -0.39 is 0 Å². The Morgan fingerprint density at radius 2 is 2.07 bits per heavy atom. The Bertz CT molecular complexity index is 345. The zero-order chi connectivity index (χ0) is 10.9. The highest BCUT2D eigenvalue weighted by Crippen LogP contribution is 2.22. The first-order chi connectivity index (χ1) is 6.29. The van der Waals surface area contributed by atoms with Gasteiger partial charge in [-0.2, -0.15) is 5.10 Å². The van der Waals surface area contributed by atoms with Gasteiger partial charge in [0.25, 0.3) is 0 Å². The second-order valence-corrected chi connectivity index (χ2v) is 4.96. The molecule has 0 atom stereocenters. The lowest BCUT2D eigenvalue weighted by atomic mass is 9.88. The van der Waals surface area contributed by atoms with Gasteiger partial charge in [0.05, 0.1) is 11.3 Å². The van der Waals surface area contributed by atoms with Crippen LogP contribution in [0.5, 0.6) is 0 Å². The average molecular weight is 194 g/mol. The molecule has 0 aromatic carbocycles. The molecule has 0 saturated heterocycles. The van der Waals surface area contributed by atoms with Gasteiger partial charge in [0, 0.05) is 19.7 Å². The van der Waals surface area contributed by atoms with Crippen LogP contribution in [0.2, 0.25) is 0 Å². The summed E-state index contributed by atoms with van der Waals surface area (Å²) < 4.78 is 1.69. The van der Waals surface area contributed by atoms with Gasteiger partial charge in [-0.3, -0.25) is 9.48 Å². The van der Waals surface area contributed by atoms with E-state index in [2.05, 4.69) is 25.9 Å². The molecule has 78 valence electrons. The van der Waals surface area contributed by atoms with Gasteiger partial charge >= 0.3 is 0 Å². The summed E-state index contributed by atoms with van der Waals surface area (Å²) in [6.07, 6.45) is 2.36. The highest BCUT2D eigenvalue weighted by atomic mass is 16.1. The molecule has 1 heterocycles. The fourth-order valence-corrected chi connectivity index (χ4v) is 1.45. The summed E-state index contributed by atoms with van der Waals surface area (Å²) in [5, 5.41) is 4.16. The minimum Gasteiger partial charge on any atom is -0.294 e. The molecule has 0 aliphatic heterocycles. The van der Waals surface area contributed by atoms with Crippen molar-refractivity contribution in [2.45, 2.75) is 34.1 Å². The smallest absolute Gasteiger partial charge is 0.166 e. The monoisotopic (exact) mass is 194 g/mol. The second kappa shape index (κ2) is 3.56. The van der Waals surface area contributed by atoms with Crippen molar-refractivity contribution in [1.29, 1.82) is 0 Å². The van der Waals surface area contributed by atoms with Crippen LogP contribution < -0.4 is 0 Å².